The van der Waals surface area contributed by atoms with Gasteiger partial charge in [-0.2, -0.15) is 0 Å². The van der Waals surface area contributed by atoms with Gasteiger partial charge in [0.1, 0.15) is 13.2 Å². The van der Waals surface area contributed by atoms with Crippen LogP contribution in [-0.2, 0) is 13.0 Å². The van der Waals surface area contributed by atoms with Gasteiger partial charge < -0.3 is 19.9 Å². The standard InChI is InChI=1S/C17H18ClNO3/c18-15-9-13(10-16-17(15)22-8-7-21-16)11-19-14-3-1-12(2-4-14)5-6-20/h1-4,9-10,19-20H,5-8,11H2. The SMILES string of the molecule is OCCc1ccc(NCc2cc(Cl)c3c(c2)OCCO3)cc1. The van der Waals surface area contributed by atoms with E-state index in [1.165, 1.54) is 0 Å². The summed E-state index contributed by atoms with van der Waals surface area (Å²) in [7, 11) is 0. The highest BCUT2D eigenvalue weighted by atomic mass is 35.5. The van der Waals surface area contributed by atoms with E-state index in [9.17, 15) is 0 Å². The van der Waals surface area contributed by atoms with Gasteiger partial charge in [-0.15, -0.1) is 0 Å². The summed E-state index contributed by atoms with van der Waals surface area (Å²) in [4.78, 5) is 0. The molecule has 0 unspecified atom stereocenters. The predicted octanol–water partition coefficient (Wildman–Crippen LogP) is 3.26. The lowest BCUT2D eigenvalue weighted by atomic mass is 10.1. The fourth-order valence-corrected chi connectivity index (χ4v) is 2.68. The number of hydrogen-bond donors (Lipinski definition) is 2. The Kier molecular flexibility index (Phi) is 4.71. The maximum absolute atomic E-state index is 8.91. The van der Waals surface area contributed by atoms with Crippen LogP contribution in [-0.4, -0.2) is 24.9 Å². The Bertz CT molecular complexity index is 643. The molecule has 116 valence electrons. The molecule has 0 radical (unpaired) electrons. The first-order chi connectivity index (χ1) is 10.8. The predicted molar refractivity (Wildman–Crippen MR) is 87.0 cm³/mol. The average molecular weight is 320 g/mol. The summed E-state index contributed by atoms with van der Waals surface area (Å²) in [6.45, 7) is 1.90. The molecule has 0 saturated carbocycles. The Morgan fingerprint density at radius 1 is 1.05 bits per heavy atom. The van der Waals surface area contributed by atoms with Gasteiger partial charge in [-0.1, -0.05) is 23.7 Å². The largest absolute Gasteiger partial charge is 0.486 e. The maximum Gasteiger partial charge on any atom is 0.179 e. The summed E-state index contributed by atoms with van der Waals surface area (Å²) in [5, 5.41) is 12.8. The second kappa shape index (κ2) is 6.90. The van der Waals surface area contributed by atoms with Crippen LogP contribution in [0.15, 0.2) is 36.4 Å². The van der Waals surface area contributed by atoms with Crippen LogP contribution in [0.1, 0.15) is 11.1 Å². The minimum atomic E-state index is 0.169. The van der Waals surface area contributed by atoms with E-state index in [0.29, 0.717) is 42.7 Å². The van der Waals surface area contributed by atoms with Crippen LogP contribution in [0.3, 0.4) is 0 Å². The summed E-state index contributed by atoms with van der Waals surface area (Å²) in [6, 6.07) is 11.9. The number of fused-ring (bicyclic) bond motifs is 1. The molecule has 1 heterocycles. The van der Waals surface area contributed by atoms with E-state index in [4.69, 9.17) is 26.2 Å². The van der Waals surface area contributed by atoms with Gasteiger partial charge in [0.15, 0.2) is 11.5 Å². The topological polar surface area (TPSA) is 50.7 Å². The lowest BCUT2D eigenvalue weighted by Crippen LogP contribution is -2.16. The quantitative estimate of drug-likeness (QED) is 0.888. The van der Waals surface area contributed by atoms with Crippen molar-refractivity contribution in [3.8, 4) is 11.5 Å². The van der Waals surface area contributed by atoms with Crippen molar-refractivity contribution in [2.24, 2.45) is 0 Å². The van der Waals surface area contributed by atoms with Gasteiger partial charge in [-0.05, 0) is 41.8 Å². The fraction of sp³-hybridized carbons (Fsp3) is 0.294. The molecule has 2 aromatic rings. The lowest BCUT2D eigenvalue weighted by Gasteiger charge is -2.20. The van der Waals surface area contributed by atoms with E-state index in [0.717, 1.165) is 16.8 Å². The number of nitrogens with one attached hydrogen (secondary N) is 1. The summed E-state index contributed by atoms with van der Waals surface area (Å²) in [5.41, 5.74) is 3.18. The number of ether oxygens (including phenoxy) is 2. The van der Waals surface area contributed by atoms with E-state index < -0.39 is 0 Å². The molecular weight excluding hydrogens is 302 g/mol. The van der Waals surface area contributed by atoms with Crippen LogP contribution in [0.5, 0.6) is 11.5 Å². The van der Waals surface area contributed by atoms with E-state index in [1.54, 1.807) is 0 Å². The van der Waals surface area contributed by atoms with Crippen molar-refractivity contribution < 1.29 is 14.6 Å². The number of rotatable bonds is 5. The second-order valence-electron chi connectivity index (χ2n) is 5.13. The minimum Gasteiger partial charge on any atom is -0.486 e. The molecule has 0 amide bonds. The van der Waals surface area contributed by atoms with E-state index >= 15 is 0 Å². The van der Waals surface area contributed by atoms with E-state index in [2.05, 4.69) is 5.32 Å². The van der Waals surface area contributed by atoms with Gasteiger partial charge in [-0.3, -0.25) is 0 Å². The molecule has 0 atom stereocenters. The third kappa shape index (κ3) is 3.46. The van der Waals surface area contributed by atoms with E-state index in [-0.39, 0.29) is 6.61 Å². The van der Waals surface area contributed by atoms with Crippen LogP contribution in [0.25, 0.3) is 0 Å². The molecule has 0 saturated heterocycles. The molecule has 5 heteroatoms. The van der Waals surface area contributed by atoms with Gasteiger partial charge in [0.2, 0.25) is 0 Å². The van der Waals surface area contributed by atoms with Crippen molar-refractivity contribution in [3.05, 3.63) is 52.5 Å². The lowest BCUT2D eigenvalue weighted by molar-refractivity contribution is 0.171. The molecule has 3 rings (SSSR count). The number of aliphatic hydroxyl groups is 1. The monoisotopic (exact) mass is 319 g/mol. The average Bonchev–Trinajstić information content (AvgIpc) is 2.55. The van der Waals surface area contributed by atoms with Crippen LogP contribution in [0.2, 0.25) is 5.02 Å². The third-order valence-corrected chi connectivity index (χ3v) is 3.79. The zero-order valence-electron chi connectivity index (χ0n) is 12.1. The zero-order chi connectivity index (χ0) is 15.4. The van der Waals surface area contributed by atoms with Gasteiger partial charge in [0, 0.05) is 18.8 Å². The maximum atomic E-state index is 8.91. The number of anilines is 1. The molecule has 0 aromatic heterocycles. The summed E-state index contributed by atoms with van der Waals surface area (Å²) in [5.74, 6) is 1.33. The van der Waals surface area contributed by atoms with Gasteiger partial charge >= 0.3 is 0 Å². The molecule has 0 spiro atoms. The van der Waals surface area contributed by atoms with E-state index in [1.807, 2.05) is 36.4 Å². The fourth-order valence-electron chi connectivity index (χ4n) is 2.39. The molecule has 2 aromatic carbocycles. The first-order valence-corrected chi connectivity index (χ1v) is 7.66. The molecule has 4 nitrogen and oxygen atoms in total. The highest BCUT2D eigenvalue weighted by Gasteiger charge is 2.16. The highest BCUT2D eigenvalue weighted by molar-refractivity contribution is 6.32. The van der Waals surface area contributed by atoms with Crippen LogP contribution in [0, 0.1) is 0 Å². The third-order valence-electron chi connectivity index (χ3n) is 3.51. The first-order valence-electron chi connectivity index (χ1n) is 7.28. The molecular formula is C17H18ClNO3. The zero-order valence-corrected chi connectivity index (χ0v) is 12.9. The van der Waals surface area contributed by atoms with Crippen LogP contribution >= 0.6 is 11.6 Å². The number of benzene rings is 2. The first kappa shape index (κ1) is 15.0. The Morgan fingerprint density at radius 3 is 2.59 bits per heavy atom. The Morgan fingerprint density at radius 2 is 1.82 bits per heavy atom. The highest BCUT2D eigenvalue weighted by Crippen LogP contribution is 2.38. The smallest absolute Gasteiger partial charge is 0.179 e. The molecule has 0 aliphatic carbocycles. The minimum absolute atomic E-state index is 0.169. The Hall–Kier alpha value is -1.91. The molecule has 1 aliphatic rings. The van der Waals surface area contributed by atoms with Crippen molar-refractivity contribution in [1.29, 1.82) is 0 Å². The molecule has 0 bridgehead atoms. The summed E-state index contributed by atoms with van der Waals surface area (Å²) < 4.78 is 11.1. The number of aliphatic hydroxyl groups excluding tert-OH is 1. The van der Waals surface area contributed by atoms with Crippen molar-refractivity contribution in [1.82, 2.24) is 0 Å². The number of halogens is 1. The van der Waals surface area contributed by atoms with Gasteiger partial charge in [-0.25, -0.2) is 0 Å². The molecule has 22 heavy (non-hydrogen) atoms. The Labute approximate surface area is 134 Å². The summed E-state index contributed by atoms with van der Waals surface area (Å²) in [6.07, 6.45) is 0.679. The van der Waals surface area contributed by atoms with Crippen molar-refractivity contribution in [3.63, 3.8) is 0 Å². The molecule has 2 N–H and O–H groups in total. The normalized spacial score (nSPS) is 13.0. The summed E-state index contributed by atoms with van der Waals surface area (Å²) >= 11 is 6.23. The Balaban J connectivity index is 1.67. The molecule has 1 aliphatic heterocycles. The van der Waals surface area contributed by atoms with Crippen molar-refractivity contribution in [2.45, 2.75) is 13.0 Å². The molecule has 0 fully saturated rings. The van der Waals surface area contributed by atoms with Crippen molar-refractivity contribution >= 4 is 17.3 Å². The van der Waals surface area contributed by atoms with Crippen LogP contribution in [0.4, 0.5) is 5.69 Å². The van der Waals surface area contributed by atoms with Gasteiger partial charge in [0.05, 0.1) is 5.02 Å². The second-order valence-corrected chi connectivity index (χ2v) is 5.53. The van der Waals surface area contributed by atoms with Gasteiger partial charge in [0.25, 0.3) is 0 Å². The van der Waals surface area contributed by atoms with Crippen molar-refractivity contribution in [2.75, 3.05) is 25.1 Å². The van der Waals surface area contributed by atoms with Crippen LogP contribution < -0.4 is 14.8 Å². The number of hydrogen-bond acceptors (Lipinski definition) is 4.